The maximum absolute atomic E-state index is 13.4. The molecule has 0 atom stereocenters. The van der Waals surface area contributed by atoms with Crippen LogP contribution in [0.2, 0.25) is 0 Å². The van der Waals surface area contributed by atoms with Gasteiger partial charge in [0, 0.05) is 19.6 Å². The fourth-order valence-electron chi connectivity index (χ4n) is 2.10. The lowest BCUT2D eigenvalue weighted by Crippen LogP contribution is -2.59. The highest BCUT2D eigenvalue weighted by Crippen LogP contribution is 2.24. The van der Waals surface area contributed by atoms with E-state index in [1.165, 1.54) is 13.2 Å². The van der Waals surface area contributed by atoms with Crippen molar-refractivity contribution in [3.05, 3.63) is 29.6 Å². The van der Waals surface area contributed by atoms with Crippen molar-refractivity contribution >= 4 is 0 Å². The Hall–Kier alpha value is -1.13. The minimum Gasteiger partial charge on any atom is -0.494 e. The summed E-state index contributed by atoms with van der Waals surface area (Å²) in [5, 5.41) is 9.56. The zero-order valence-electron chi connectivity index (χ0n) is 9.53. The van der Waals surface area contributed by atoms with Crippen LogP contribution in [-0.4, -0.2) is 35.8 Å². The van der Waals surface area contributed by atoms with Crippen molar-refractivity contribution < 1.29 is 14.2 Å². The third kappa shape index (κ3) is 2.33. The van der Waals surface area contributed by atoms with Crippen LogP contribution in [0, 0.1) is 5.82 Å². The van der Waals surface area contributed by atoms with Gasteiger partial charge in [0.05, 0.1) is 12.7 Å². The molecule has 1 heterocycles. The standard InChI is InChI=1S/C12H16FNO2/c1-12(15)7-14(8-12)6-9-3-4-11(16-2)10(13)5-9/h3-5,15H,6-8H2,1-2H3. The molecule has 88 valence electrons. The predicted molar refractivity (Wildman–Crippen MR) is 58.9 cm³/mol. The highest BCUT2D eigenvalue weighted by molar-refractivity contribution is 5.29. The van der Waals surface area contributed by atoms with E-state index in [0.29, 0.717) is 19.6 Å². The largest absolute Gasteiger partial charge is 0.494 e. The number of nitrogens with zero attached hydrogens (tertiary/aromatic N) is 1. The van der Waals surface area contributed by atoms with Gasteiger partial charge in [-0.25, -0.2) is 4.39 Å². The van der Waals surface area contributed by atoms with E-state index in [-0.39, 0.29) is 11.6 Å². The van der Waals surface area contributed by atoms with Gasteiger partial charge in [0.15, 0.2) is 11.6 Å². The number of halogens is 1. The molecule has 4 heteroatoms. The Kier molecular flexibility index (Phi) is 2.86. The smallest absolute Gasteiger partial charge is 0.165 e. The molecule has 1 saturated heterocycles. The number of methoxy groups -OCH3 is 1. The summed E-state index contributed by atoms with van der Waals surface area (Å²) in [5.41, 5.74) is 0.319. The molecule has 16 heavy (non-hydrogen) atoms. The van der Waals surface area contributed by atoms with Gasteiger partial charge in [0.1, 0.15) is 0 Å². The van der Waals surface area contributed by atoms with Crippen molar-refractivity contribution in [2.75, 3.05) is 20.2 Å². The molecular formula is C12H16FNO2. The van der Waals surface area contributed by atoms with E-state index in [2.05, 4.69) is 4.90 Å². The number of likely N-dealkylation sites (tertiary alicyclic amines) is 1. The highest BCUT2D eigenvalue weighted by atomic mass is 19.1. The molecule has 0 aliphatic carbocycles. The molecule has 0 unspecified atom stereocenters. The first-order valence-electron chi connectivity index (χ1n) is 5.27. The molecule has 1 fully saturated rings. The molecule has 1 aromatic rings. The number of ether oxygens (including phenoxy) is 1. The Labute approximate surface area is 94.4 Å². The average Bonchev–Trinajstić information content (AvgIpc) is 2.15. The molecule has 0 spiro atoms. The molecule has 2 rings (SSSR count). The minimum atomic E-state index is -0.578. The topological polar surface area (TPSA) is 32.7 Å². The van der Waals surface area contributed by atoms with Crippen molar-refractivity contribution in [3.63, 3.8) is 0 Å². The molecule has 0 amide bonds. The minimum absolute atomic E-state index is 0.263. The summed E-state index contributed by atoms with van der Waals surface area (Å²) in [6, 6.07) is 4.95. The first-order chi connectivity index (χ1) is 7.50. The average molecular weight is 225 g/mol. The molecule has 0 bridgehead atoms. The summed E-state index contributed by atoms with van der Waals surface area (Å²) in [4.78, 5) is 2.07. The van der Waals surface area contributed by atoms with E-state index in [1.807, 2.05) is 6.07 Å². The first kappa shape index (κ1) is 11.4. The van der Waals surface area contributed by atoms with E-state index in [1.54, 1.807) is 13.0 Å². The summed E-state index contributed by atoms with van der Waals surface area (Å²) in [5.74, 6) is -0.0772. The second-order valence-electron chi connectivity index (χ2n) is 4.61. The van der Waals surface area contributed by atoms with E-state index in [0.717, 1.165) is 5.56 Å². The van der Waals surface area contributed by atoms with Gasteiger partial charge < -0.3 is 9.84 Å². The van der Waals surface area contributed by atoms with Gasteiger partial charge in [0.25, 0.3) is 0 Å². The number of rotatable bonds is 3. The van der Waals surface area contributed by atoms with Crippen LogP contribution in [0.1, 0.15) is 12.5 Å². The Bertz CT molecular complexity index is 385. The second-order valence-corrected chi connectivity index (χ2v) is 4.61. The fraction of sp³-hybridized carbons (Fsp3) is 0.500. The van der Waals surface area contributed by atoms with Crippen LogP contribution in [-0.2, 0) is 6.54 Å². The normalized spacial score (nSPS) is 19.2. The van der Waals surface area contributed by atoms with Crippen molar-refractivity contribution in [2.24, 2.45) is 0 Å². The summed E-state index contributed by atoms with van der Waals surface area (Å²) >= 11 is 0. The third-order valence-electron chi connectivity index (χ3n) is 2.75. The van der Waals surface area contributed by atoms with Crippen LogP contribution >= 0.6 is 0 Å². The monoisotopic (exact) mass is 225 g/mol. The number of benzene rings is 1. The van der Waals surface area contributed by atoms with Crippen LogP contribution < -0.4 is 4.74 Å². The van der Waals surface area contributed by atoms with Gasteiger partial charge >= 0.3 is 0 Å². The number of β-amino-alcohol motifs (C(OH)–C–C–N with tert-alkyl or cyclic N) is 1. The van der Waals surface area contributed by atoms with E-state index in [9.17, 15) is 9.50 Å². The zero-order valence-corrected chi connectivity index (χ0v) is 9.53. The van der Waals surface area contributed by atoms with Gasteiger partial charge in [-0.15, -0.1) is 0 Å². The Morgan fingerprint density at radius 1 is 1.50 bits per heavy atom. The third-order valence-corrected chi connectivity index (χ3v) is 2.75. The Morgan fingerprint density at radius 3 is 2.69 bits per heavy atom. The predicted octanol–water partition coefficient (Wildman–Crippen LogP) is 1.40. The van der Waals surface area contributed by atoms with Crippen LogP contribution in [0.5, 0.6) is 5.75 Å². The lowest BCUT2D eigenvalue weighted by Gasteiger charge is -2.44. The van der Waals surface area contributed by atoms with Gasteiger partial charge in [0.2, 0.25) is 0 Å². The zero-order chi connectivity index (χ0) is 11.8. The highest BCUT2D eigenvalue weighted by Gasteiger charge is 2.36. The summed E-state index contributed by atoms with van der Waals surface area (Å²) in [6.07, 6.45) is 0. The summed E-state index contributed by atoms with van der Waals surface area (Å²) < 4.78 is 18.2. The van der Waals surface area contributed by atoms with Crippen LogP contribution in [0.15, 0.2) is 18.2 Å². The number of aliphatic hydroxyl groups is 1. The summed E-state index contributed by atoms with van der Waals surface area (Å²) in [6.45, 7) is 3.75. The SMILES string of the molecule is COc1ccc(CN2CC(C)(O)C2)cc1F. The van der Waals surface area contributed by atoms with Crippen LogP contribution in [0.3, 0.4) is 0 Å². The molecule has 0 saturated carbocycles. The second kappa shape index (κ2) is 4.03. The van der Waals surface area contributed by atoms with Crippen molar-refractivity contribution in [2.45, 2.75) is 19.1 Å². The molecule has 1 aliphatic heterocycles. The van der Waals surface area contributed by atoms with Crippen molar-refractivity contribution in [3.8, 4) is 5.75 Å². The fourth-order valence-corrected chi connectivity index (χ4v) is 2.10. The number of hydrogen-bond acceptors (Lipinski definition) is 3. The Morgan fingerprint density at radius 2 is 2.19 bits per heavy atom. The van der Waals surface area contributed by atoms with Crippen LogP contribution in [0.25, 0.3) is 0 Å². The lowest BCUT2D eigenvalue weighted by molar-refractivity contribution is -0.0871. The maximum Gasteiger partial charge on any atom is 0.165 e. The van der Waals surface area contributed by atoms with Gasteiger partial charge in [-0.3, -0.25) is 4.90 Å². The van der Waals surface area contributed by atoms with Gasteiger partial charge in [-0.05, 0) is 24.6 Å². The van der Waals surface area contributed by atoms with Crippen molar-refractivity contribution in [1.82, 2.24) is 4.90 Å². The Balaban J connectivity index is 1.98. The molecule has 1 aliphatic rings. The summed E-state index contributed by atoms with van der Waals surface area (Å²) in [7, 11) is 1.45. The first-order valence-corrected chi connectivity index (χ1v) is 5.27. The maximum atomic E-state index is 13.4. The molecule has 1 N–H and O–H groups in total. The molecule has 0 aromatic heterocycles. The van der Waals surface area contributed by atoms with Crippen LogP contribution in [0.4, 0.5) is 4.39 Å². The molecule has 1 aromatic carbocycles. The van der Waals surface area contributed by atoms with Gasteiger partial charge in [-0.1, -0.05) is 6.07 Å². The molecular weight excluding hydrogens is 209 g/mol. The number of hydrogen-bond donors (Lipinski definition) is 1. The molecule has 3 nitrogen and oxygen atoms in total. The lowest BCUT2D eigenvalue weighted by atomic mass is 9.96. The van der Waals surface area contributed by atoms with E-state index >= 15 is 0 Å². The van der Waals surface area contributed by atoms with E-state index in [4.69, 9.17) is 4.74 Å². The van der Waals surface area contributed by atoms with Gasteiger partial charge in [-0.2, -0.15) is 0 Å². The quantitative estimate of drug-likeness (QED) is 0.844. The molecule has 0 radical (unpaired) electrons. The van der Waals surface area contributed by atoms with Crippen molar-refractivity contribution in [1.29, 1.82) is 0 Å². The van der Waals surface area contributed by atoms with E-state index < -0.39 is 5.60 Å².